The minimum Gasteiger partial charge on any atom is -0.355 e. The molecule has 0 saturated heterocycles. The average molecular weight is 361 g/mol. The van der Waals surface area contributed by atoms with Gasteiger partial charge in [-0.2, -0.15) is 0 Å². The zero-order valence-corrected chi connectivity index (χ0v) is 16.2. The molecular weight excluding hydrogens is 338 g/mol. The van der Waals surface area contributed by atoms with E-state index >= 15 is 0 Å². The van der Waals surface area contributed by atoms with E-state index in [1.165, 1.54) is 44.8 Å². The fourth-order valence-electron chi connectivity index (χ4n) is 5.80. The van der Waals surface area contributed by atoms with Gasteiger partial charge in [0, 0.05) is 23.2 Å². The maximum atomic E-state index is 3.71. The van der Waals surface area contributed by atoms with E-state index < -0.39 is 0 Å². The number of para-hydroxylation sites is 2. The van der Waals surface area contributed by atoms with Crippen molar-refractivity contribution in [1.82, 2.24) is 0 Å². The van der Waals surface area contributed by atoms with Crippen LogP contribution in [0, 0.1) is 12.8 Å². The van der Waals surface area contributed by atoms with E-state index in [4.69, 9.17) is 0 Å². The first kappa shape index (κ1) is 15.9. The Morgan fingerprint density at radius 1 is 0.786 bits per heavy atom. The smallest absolute Gasteiger partial charge is 0.0566 e. The highest BCUT2D eigenvalue weighted by Gasteiger charge is 2.55. The topological polar surface area (TPSA) is 12.0 Å². The molecule has 136 valence electrons. The molecule has 0 fully saturated rings. The molecule has 0 radical (unpaired) electrons. The Labute approximate surface area is 166 Å². The first-order chi connectivity index (χ1) is 13.7. The van der Waals surface area contributed by atoms with Gasteiger partial charge in [-0.25, -0.2) is 0 Å². The summed E-state index contributed by atoms with van der Waals surface area (Å²) >= 11 is 0. The molecule has 0 amide bonds. The minimum atomic E-state index is -0.156. The van der Waals surface area contributed by atoms with Gasteiger partial charge < -0.3 is 5.32 Å². The summed E-state index contributed by atoms with van der Waals surface area (Å²) in [7, 11) is 0. The van der Waals surface area contributed by atoms with Gasteiger partial charge in [-0.1, -0.05) is 84.0 Å². The Kier molecular flexibility index (Phi) is 3.12. The molecule has 1 nitrogen and oxygen atoms in total. The van der Waals surface area contributed by atoms with Crippen LogP contribution in [-0.4, -0.2) is 0 Å². The summed E-state index contributed by atoms with van der Waals surface area (Å²) in [4.78, 5) is 0. The Bertz CT molecular complexity index is 1130. The predicted molar refractivity (Wildman–Crippen MR) is 116 cm³/mol. The second-order valence-corrected chi connectivity index (χ2v) is 8.44. The normalized spacial score (nSPS) is 22.6. The summed E-state index contributed by atoms with van der Waals surface area (Å²) in [6.45, 7) is 4.44. The molecule has 1 spiro atoms. The maximum Gasteiger partial charge on any atom is 0.0566 e. The van der Waals surface area contributed by atoms with Gasteiger partial charge >= 0.3 is 0 Å². The number of anilines is 2. The fraction of sp³-hybridized carbons (Fsp3) is 0.185. The van der Waals surface area contributed by atoms with Gasteiger partial charge in [-0.05, 0) is 48.2 Å². The first-order valence-electron chi connectivity index (χ1n) is 10.1. The molecule has 1 N–H and O–H groups in total. The Morgan fingerprint density at radius 2 is 1.46 bits per heavy atom. The van der Waals surface area contributed by atoms with Crippen LogP contribution in [0.1, 0.15) is 40.7 Å². The number of benzene rings is 3. The number of nitrogens with one attached hydrogen (secondary N) is 1. The van der Waals surface area contributed by atoms with Crippen molar-refractivity contribution in [2.45, 2.75) is 25.2 Å². The quantitative estimate of drug-likeness (QED) is 0.475. The van der Waals surface area contributed by atoms with E-state index in [0.717, 1.165) is 0 Å². The molecule has 1 aliphatic heterocycles. The monoisotopic (exact) mass is 361 g/mol. The Morgan fingerprint density at radius 3 is 2.18 bits per heavy atom. The highest BCUT2D eigenvalue weighted by atomic mass is 14.9. The van der Waals surface area contributed by atoms with Crippen LogP contribution < -0.4 is 5.32 Å². The van der Waals surface area contributed by atoms with Crippen LogP contribution in [0.4, 0.5) is 11.4 Å². The van der Waals surface area contributed by atoms with Crippen molar-refractivity contribution in [3.8, 4) is 0 Å². The number of rotatable bonds is 0. The molecule has 0 aromatic heterocycles. The van der Waals surface area contributed by atoms with Crippen molar-refractivity contribution in [2.24, 2.45) is 5.92 Å². The molecule has 2 atom stereocenters. The van der Waals surface area contributed by atoms with Crippen LogP contribution in [0.15, 0.2) is 90.5 Å². The first-order valence-corrected chi connectivity index (χ1v) is 10.1. The lowest BCUT2D eigenvalue weighted by Gasteiger charge is -2.44. The van der Waals surface area contributed by atoms with Crippen molar-refractivity contribution in [3.63, 3.8) is 0 Å². The zero-order valence-electron chi connectivity index (χ0n) is 16.2. The fourth-order valence-corrected chi connectivity index (χ4v) is 5.80. The summed E-state index contributed by atoms with van der Waals surface area (Å²) in [6.07, 6.45) is 7.23. The van der Waals surface area contributed by atoms with Crippen LogP contribution in [0.25, 0.3) is 0 Å². The van der Waals surface area contributed by atoms with Crippen molar-refractivity contribution < 1.29 is 0 Å². The van der Waals surface area contributed by atoms with E-state index in [-0.39, 0.29) is 5.41 Å². The van der Waals surface area contributed by atoms with E-state index in [0.29, 0.717) is 11.8 Å². The van der Waals surface area contributed by atoms with Gasteiger partial charge in [0.2, 0.25) is 0 Å². The summed E-state index contributed by atoms with van der Waals surface area (Å²) in [6, 6.07) is 24.8. The molecule has 1 heterocycles. The van der Waals surface area contributed by atoms with E-state index in [2.05, 4.69) is 104 Å². The van der Waals surface area contributed by atoms with Crippen LogP contribution in [0.2, 0.25) is 0 Å². The van der Waals surface area contributed by atoms with Gasteiger partial charge in [0.15, 0.2) is 0 Å². The highest BCUT2D eigenvalue weighted by Crippen LogP contribution is 2.63. The molecule has 3 aromatic carbocycles. The van der Waals surface area contributed by atoms with E-state index in [1.807, 2.05) is 0 Å². The Hall–Kier alpha value is -3.06. The molecule has 3 aromatic rings. The number of fused-ring (bicyclic) bond motifs is 9. The predicted octanol–water partition coefficient (Wildman–Crippen LogP) is 6.62. The van der Waals surface area contributed by atoms with Crippen LogP contribution >= 0.6 is 0 Å². The average Bonchev–Trinajstić information content (AvgIpc) is 2.98. The molecule has 0 bridgehead atoms. The lowest BCUT2D eigenvalue weighted by Crippen LogP contribution is -2.38. The van der Waals surface area contributed by atoms with Gasteiger partial charge in [0.1, 0.15) is 0 Å². The second kappa shape index (κ2) is 5.48. The molecule has 2 unspecified atom stereocenters. The number of hydrogen-bond acceptors (Lipinski definition) is 1. The van der Waals surface area contributed by atoms with Crippen LogP contribution in [-0.2, 0) is 5.41 Å². The summed E-state index contributed by atoms with van der Waals surface area (Å²) < 4.78 is 0. The maximum absolute atomic E-state index is 3.71. The minimum absolute atomic E-state index is 0.156. The molecule has 1 heteroatoms. The summed E-state index contributed by atoms with van der Waals surface area (Å²) in [5.74, 6) is 0.803. The van der Waals surface area contributed by atoms with Crippen molar-refractivity contribution in [1.29, 1.82) is 0 Å². The molecule has 0 saturated carbocycles. The van der Waals surface area contributed by atoms with Crippen molar-refractivity contribution in [3.05, 3.63) is 118 Å². The number of hydrogen-bond donors (Lipinski definition) is 1. The third-order valence-corrected chi connectivity index (χ3v) is 6.86. The molecule has 6 rings (SSSR count). The third kappa shape index (κ3) is 1.87. The molecular formula is C27H23N. The lowest BCUT2D eigenvalue weighted by molar-refractivity contribution is 0.453. The Balaban J connectivity index is 1.80. The third-order valence-electron chi connectivity index (χ3n) is 6.86. The molecule has 2 aliphatic carbocycles. The zero-order chi connectivity index (χ0) is 18.9. The second-order valence-electron chi connectivity index (χ2n) is 8.44. The van der Waals surface area contributed by atoms with E-state index in [9.17, 15) is 0 Å². The molecule has 28 heavy (non-hydrogen) atoms. The van der Waals surface area contributed by atoms with Crippen LogP contribution in [0.5, 0.6) is 0 Å². The lowest BCUT2D eigenvalue weighted by atomic mass is 9.60. The highest BCUT2D eigenvalue weighted by molar-refractivity contribution is 5.81. The number of allylic oxidation sites excluding steroid dienone is 4. The van der Waals surface area contributed by atoms with Gasteiger partial charge in [0.25, 0.3) is 0 Å². The molecule has 3 aliphatic rings. The van der Waals surface area contributed by atoms with Gasteiger partial charge in [0.05, 0.1) is 5.41 Å². The van der Waals surface area contributed by atoms with E-state index in [1.54, 1.807) is 0 Å². The summed E-state index contributed by atoms with van der Waals surface area (Å²) in [5.41, 5.74) is 10.7. The van der Waals surface area contributed by atoms with Crippen LogP contribution in [0.3, 0.4) is 0 Å². The largest absolute Gasteiger partial charge is 0.355 e. The standard InChI is InChI=1S/C27H23N/c1-17-11-13-19-20-14-12-18(2)16-24(20)27(23(19)15-17)21-7-3-5-9-25(21)28-26-10-6-4-8-22(26)27/h3-16,19,23,28H,1-2H3. The van der Waals surface area contributed by atoms with Crippen molar-refractivity contribution >= 4 is 11.4 Å². The van der Waals surface area contributed by atoms with Gasteiger partial charge in [-0.3, -0.25) is 0 Å². The summed E-state index contributed by atoms with van der Waals surface area (Å²) in [5, 5.41) is 3.71. The van der Waals surface area contributed by atoms with Crippen molar-refractivity contribution in [2.75, 3.05) is 5.32 Å². The SMILES string of the molecule is CC1=CC2C(C=C1)c1ccc(C)cc1C21c2ccccc2Nc2ccccc21. The van der Waals surface area contributed by atoms with Gasteiger partial charge in [-0.15, -0.1) is 0 Å². The number of aryl methyl sites for hydroxylation is 1.